The first-order chi connectivity index (χ1) is 9.16. The van der Waals surface area contributed by atoms with E-state index in [1.165, 1.54) is 32.1 Å². The van der Waals surface area contributed by atoms with Gasteiger partial charge in [-0.2, -0.15) is 0 Å². The van der Waals surface area contributed by atoms with Crippen molar-refractivity contribution < 1.29 is 4.92 Å². The van der Waals surface area contributed by atoms with Gasteiger partial charge in [-0.05, 0) is 30.9 Å². The minimum Gasteiger partial charge on any atom is -0.327 e. The fourth-order valence-electron chi connectivity index (χ4n) is 2.55. The standard InChI is InChI=1S/C14H20N2O2S/c15-14(11-4-2-1-3-5-11)10-19-13-8-6-12(7-9-13)16(17)18/h6-9,11,14H,1-5,10,15H2. The number of rotatable bonds is 5. The lowest BCUT2D eigenvalue weighted by Gasteiger charge is -2.27. The number of thioether (sulfide) groups is 1. The molecule has 19 heavy (non-hydrogen) atoms. The zero-order valence-corrected chi connectivity index (χ0v) is 11.8. The fraction of sp³-hybridized carbons (Fsp3) is 0.571. The van der Waals surface area contributed by atoms with Gasteiger partial charge in [0.15, 0.2) is 0 Å². The van der Waals surface area contributed by atoms with Crippen LogP contribution in [0.25, 0.3) is 0 Å². The Morgan fingerprint density at radius 1 is 1.26 bits per heavy atom. The molecule has 0 amide bonds. The van der Waals surface area contributed by atoms with Crippen molar-refractivity contribution >= 4 is 17.4 Å². The Kier molecular flexibility index (Phi) is 5.22. The molecule has 1 aliphatic rings. The molecule has 0 heterocycles. The number of nitrogens with zero attached hydrogens (tertiary/aromatic N) is 1. The molecule has 5 heteroatoms. The van der Waals surface area contributed by atoms with Crippen molar-refractivity contribution in [2.24, 2.45) is 11.7 Å². The van der Waals surface area contributed by atoms with Gasteiger partial charge in [0.1, 0.15) is 0 Å². The van der Waals surface area contributed by atoms with E-state index in [-0.39, 0.29) is 16.7 Å². The van der Waals surface area contributed by atoms with Gasteiger partial charge in [-0.3, -0.25) is 10.1 Å². The molecule has 1 fully saturated rings. The van der Waals surface area contributed by atoms with Crippen molar-refractivity contribution in [3.05, 3.63) is 34.4 Å². The molecule has 0 aliphatic heterocycles. The molecule has 0 saturated heterocycles. The second-order valence-electron chi connectivity index (χ2n) is 5.12. The third-order valence-corrected chi connectivity index (χ3v) is 4.90. The Morgan fingerprint density at radius 2 is 1.89 bits per heavy atom. The lowest BCUT2D eigenvalue weighted by atomic mass is 9.85. The highest BCUT2D eigenvalue weighted by Crippen LogP contribution is 2.29. The summed E-state index contributed by atoms with van der Waals surface area (Å²) >= 11 is 1.69. The topological polar surface area (TPSA) is 69.2 Å². The van der Waals surface area contributed by atoms with Crippen LogP contribution in [0.4, 0.5) is 5.69 Å². The SMILES string of the molecule is NC(CSc1ccc([N+](=O)[O-])cc1)C1CCCCC1. The molecule has 0 aromatic heterocycles. The fourth-order valence-corrected chi connectivity index (χ4v) is 3.54. The molecule has 2 rings (SSSR count). The van der Waals surface area contributed by atoms with E-state index in [1.807, 2.05) is 0 Å². The van der Waals surface area contributed by atoms with Gasteiger partial charge in [-0.25, -0.2) is 0 Å². The maximum atomic E-state index is 10.6. The molecule has 4 nitrogen and oxygen atoms in total. The normalized spacial score (nSPS) is 18.2. The summed E-state index contributed by atoms with van der Waals surface area (Å²) in [5.41, 5.74) is 6.39. The third kappa shape index (κ3) is 4.21. The maximum Gasteiger partial charge on any atom is 0.269 e. The number of nitro benzene ring substituents is 1. The van der Waals surface area contributed by atoms with Crippen molar-refractivity contribution in [1.82, 2.24) is 0 Å². The van der Waals surface area contributed by atoms with E-state index in [4.69, 9.17) is 5.73 Å². The van der Waals surface area contributed by atoms with Crippen LogP contribution < -0.4 is 5.73 Å². The first-order valence-electron chi connectivity index (χ1n) is 6.79. The number of benzene rings is 1. The minimum atomic E-state index is -0.373. The van der Waals surface area contributed by atoms with E-state index in [0.717, 1.165) is 10.6 Å². The minimum absolute atomic E-state index is 0.140. The zero-order chi connectivity index (χ0) is 13.7. The molecule has 104 valence electrons. The van der Waals surface area contributed by atoms with E-state index in [2.05, 4.69) is 0 Å². The van der Waals surface area contributed by atoms with Gasteiger partial charge in [-0.1, -0.05) is 19.3 Å². The summed E-state index contributed by atoms with van der Waals surface area (Å²) < 4.78 is 0. The summed E-state index contributed by atoms with van der Waals surface area (Å²) in [6, 6.07) is 6.94. The molecule has 1 saturated carbocycles. The lowest BCUT2D eigenvalue weighted by molar-refractivity contribution is -0.384. The molecular formula is C14H20N2O2S. The highest BCUT2D eigenvalue weighted by molar-refractivity contribution is 7.99. The molecule has 0 bridgehead atoms. The number of hydrogen-bond donors (Lipinski definition) is 1. The van der Waals surface area contributed by atoms with Gasteiger partial charge in [0.05, 0.1) is 4.92 Å². The second kappa shape index (κ2) is 6.91. The summed E-state index contributed by atoms with van der Waals surface area (Å²) in [5, 5.41) is 10.6. The molecule has 2 N–H and O–H groups in total. The maximum absolute atomic E-state index is 10.6. The summed E-state index contributed by atoms with van der Waals surface area (Å²) in [5.74, 6) is 1.54. The predicted octanol–water partition coefficient (Wildman–Crippen LogP) is 3.59. The average molecular weight is 280 g/mol. The molecule has 1 aliphatic carbocycles. The van der Waals surface area contributed by atoms with Gasteiger partial charge in [0.25, 0.3) is 5.69 Å². The van der Waals surface area contributed by atoms with Gasteiger partial charge in [0, 0.05) is 28.8 Å². The van der Waals surface area contributed by atoms with Crippen molar-refractivity contribution in [1.29, 1.82) is 0 Å². The van der Waals surface area contributed by atoms with Gasteiger partial charge in [-0.15, -0.1) is 11.8 Å². The van der Waals surface area contributed by atoms with Gasteiger partial charge < -0.3 is 5.73 Å². The van der Waals surface area contributed by atoms with Crippen LogP contribution in [0.5, 0.6) is 0 Å². The summed E-state index contributed by atoms with van der Waals surface area (Å²) in [4.78, 5) is 11.2. The number of nitrogens with two attached hydrogens (primary N) is 1. The number of hydrogen-bond acceptors (Lipinski definition) is 4. The van der Waals surface area contributed by atoms with E-state index in [9.17, 15) is 10.1 Å². The number of nitro groups is 1. The zero-order valence-electron chi connectivity index (χ0n) is 11.0. The highest BCUT2D eigenvalue weighted by Gasteiger charge is 2.20. The van der Waals surface area contributed by atoms with Crippen LogP contribution in [-0.2, 0) is 0 Å². The van der Waals surface area contributed by atoms with E-state index in [1.54, 1.807) is 36.0 Å². The van der Waals surface area contributed by atoms with E-state index < -0.39 is 0 Å². The van der Waals surface area contributed by atoms with Crippen LogP contribution in [0.15, 0.2) is 29.2 Å². The van der Waals surface area contributed by atoms with E-state index in [0.29, 0.717) is 5.92 Å². The first-order valence-corrected chi connectivity index (χ1v) is 7.78. The molecule has 1 aromatic carbocycles. The Balaban J connectivity index is 1.82. The van der Waals surface area contributed by atoms with Crippen molar-refractivity contribution in [2.45, 2.75) is 43.0 Å². The molecular weight excluding hydrogens is 260 g/mol. The molecule has 1 aromatic rings. The Bertz CT molecular complexity index is 416. The van der Waals surface area contributed by atoms with Crippen LogP contribution in [0.2, 0.25) is 0 Å². The van der Waals surface area contributed by atoms with Crippen LogP contribution in [0.1, 0.15) is 32.1 Å². The first kappa shape index (κ1) is 14.3. The van der Waals surface area contributed by atoms with Crippen LogP contribution in [-0.4, -0.2) is 16.7 Å². The molecule has 0 spiro atoms. The Morgan fingerprint density at radius 3 is 2.47 bits per heavy atom. The van der Waals surface area contributed by atoms with Gasteiger partial charge >= 0.3 is 0 Å². The Hall–Kier alpha value is -1.07. The Labute approximate surface area is 117 Å². The largest absolute Gasteiger partial charge is 0.327 e. The van der Waals surface area contributed by atoms with Crippen LogP contribution >= 0.6 is 11.8 Å². The summed E-state index contributed by atoms with van der Waals surface area (Å²) in [6.07, 6.45) is 6.46. The summed E-state index contributed by atoms with van der Waals surface area (Å²) in [6.45, 7) is 0. The lowest BCUT2D eigenvalue weighted by Crippen LogP contribution is -2.33. The monoisotopic (exact) mass is 280 g/mol. The summed E-state index contributed by atoms with van der Waals surface area (Å²) in [7, 11) is 0. The smallest absolute Gasteiger partial charge is 0.269 e. The van der Waals surface area contributed by atoms with Gasteiger partial charge in [0.2, 0.25) is 0 Å². The number of non-ortho nitro benzene ring substituents is 1. The van der Waals surface area contributed by atoms with Crippen LogP contribution in [0.3, 0.4) is 0 Å². The van der Waals surface area contributed by atoms with Crippen molar-refractivity contribution in [3.8, 4) is 0 Å². The predicted molar refractivity (Wildman–Crippen MR) is 78.4 cm³/mol. The van der Waals surface area contributed by atoms with Crippen molar-refractivity contribution in [2.75, 3.05) is 5.75 Å². The average Bonchev–Trinajstić information content (AvgIpc) is 2.46. The molecule has 1 unspecified atom stereocenters. The highest BCUT2D eigenvalue weighted by atomic mass is 32.2. The van der Waals surface area contributed by atoms with Crippen LogP contribution in [0, 0.1) is 16.0 Å². The quantitative estimate of drug-likeness (QED) is 0.508. The third-order valence-electron chi connectivity index (χ3n) is 3.75. The molecule has 0 radical (unpaired) electrons. The van der Waals surface area contributed by atoms with Crippen molar-refractivity contribution in [3.63, 3.8) is 0 Å². The molecule has 1 atom stereocenters. The second-order valence-corrected chi connectivity index (χ2v) is 6.22. The van der Waals surface area contributed by atoms with E-state index >= 15 is 0 Å².